The maximum Gasteiger partial charge on any atom is 0.0683 e. The van der Waals surface area contributed by atoms with Gasteiger partial charge >= 0.3 is 0 Å². The highest BCUT2D eigenvalue weighted by atomic mass is 16.5. The summed E-state index contributed by atoms with van der Waals surface area (Å²) in [7, 11) is 0. The van der Waals surface area contributed by atoms with Crippen molar-refractivity contribution in [3.63, 3.8) is 0 Å². The quantitative estimate of drug-likeness (QED) is 0.502. The van der Waals surface area contributed by atoms with Gasteiger partial charge in [0.15, 0.2) is 0 Å². The Hall–Kier alpha value is -0.0400. The van der Waals surface area contributed by atoms with Gasteiger partial charge < -0.3 is 4.74 Å². The lowest BCUT2D eigenvalue weighted by Gasteiger charge is -2.34. The Kier molecular flexibility index (Phi) is 1.48. The number of hydrogen-bond acceptors (Lipinski definition) is 1. The van der Waals surface area contributed by atoms with E-state index in [0.717, 1.165) is 12.5 Å². The zero-order valence-corrected chi connectivity index (χ0v) is 6.73. The molecular weight excluding hydrogens is 124 g/mol. The van der Waals surface area contributed by atoms with Crippen molar-refractivity contribution in [2.75, 3.05) is 6.61 Å². The molecular formula is C9H16O. The molecule has 0 bridgehead atoms. The van der Waals surface area contributed by atoms with Gasteiger partial charge in [-0.3, -0.25) is 0 Å². The van der Waals surface area contributed by atoms with Gasteiger partial charge in [-0.2, -0.15) is 0 Å². The summed E-state index contributed by atoms with van der Waals surface area (Å²) >= 11 is 0. The van der Waals surface area contributed by atoms with Gasteiger partial charge in [-0.1, -0.05) is 12.8 Å². The lowest BCUT2D eigenvalue weighted by atomic mass is 9.77. The predicted molar refractivity (Wildman–Crippen MR) is 40.9 cm³/mol. The molecule has 1 heterocycles. The lowest BCUT2D eigenvalue weighted by Crippen LogP contribution is -2.34. The molecule has 2 aliphatic rings. The molecule has 2 atom stereocenters. The number of ether oxygens (including phenoxy) is 1. The molecule has 58 valence electrons. The second-order valence-corrected chi connectivity index (χ2v) is 3.89. The summed E-state index contributed by atoms with van der Waals surface area (Å²) < 4.78 is 5.74. The van der Waals surface area contributed by atoms with E-state index in [-0.39, 0.29) is 5.60 Å². The highest BCUT2D eigenvalue weighted by Crippen LogP contribution is 2.42. The SMILES string of the molecule is CC12CCCCC1CCO2. The zero-order valence-electron chi connectivity index (χ0n) is 6.73. The molecule has 0 aromatic carbocycles. The molecule has 0 aromatic heterocycles. The molecule has 1 saturated carbocycles. The van der Waals surface area contributed by atoms with Crippen LogP contribution in [0.2, 0.25) is 0 Å². The third-order valence-corrected chi connectivity index (χ3v) is 3.24. The van der Waals surface area contributed by atoms with Crippen molar-refractivity contribution in [1.29, 1.82) is 0 Å². The van der Waals surface area contributed by atoms with Crippen LogP contribution in [0.5, 0.6) is 0 Å². The van der Waals surface area contributed by atoms with E-state index in [1.54, 1.807) is 0 Å². The normalized spacial score (nSPS) is 47.1. The van der Waals surface area contributed by atoms with Crippen LogP contribution in [0, 0.1) is 5.92 Å². The number of rotatable bonds is 0. The summed E-state index contributed by atoms with van der Waals surface area (Å²) in [5, 5.41) is 0. The first-order valence-electron chi connectivity index (χ1n) is 4.45. The summed E-state index contributed by atoms with van der Waals surface area (Å²) in [4.78, 5) is 0. The van der Waals surface area contributed by atoms with Crippen molar-refractivity contribution in [3.05, 3.63) is 0 Å². The first-order valence-corrected chi connectivity index (χ1v) is 4.45. The number of fused-ring (bicyclic) bond motifs is 1. The smallest absolute Gasteiger partial charge is 0.0683 e. The first-order chi connectivity index (χ1) is 4.81. The number of hydrogen-bond donors (Lipinski definition) is 0. The Balaban J connectivity index is 2.10. The van der Waals surface area contributed by atoms with Gasteiger partial charge in [-0.15, -0.1) is 0 Å². The van der Waals surface area contributed by atoms with Gasteiger partial charge in [0.1, 0.15) is 0 Å². The minimum Gasteiger partial charge on any atom is -0.375 e. The maximum atomic E-state index is 5.74. The summed E-state index contributed by atoms with van der Waals surface area (Å²) in [5.41, 5.74) is 0.290. The molecule has 2 unspecified atom stereocenters. The van der Waals surface area contributed by atoms with Crippen LogP contribution in [0.1, 0.15) is 39.0 Å². The van der Waals surface area contributed by atoms with E-state index in [0.29, 0.717) is 0 Å². The van der Waals surface area contributed by atoms with Crippen molar-refractivity contribution in [2.24, 2.45) is 5.92 Å². The van der Waals surface area contributed by atoms with Crippen molar-refractivity contribution >= 4 is 0 Å². The van der Waals surface area contributed by atoms with Crippen molar-refractivity contribution in [2.45, 2.75) is 44.6 Å². The molecule has 0 amide bonds. The fraction of sp³-hybridized carbons (Fsp3) is 1.00. The minimum atomic E-state index is 0.290. The Morgan fingerprint density at radius 3 is 3.00 bits per heavy atom. The second-order valence-electron chi connectivity index (χ2n) is 3.89. The maximum absolute atomic E-state index is 5.74. The van der Waals surface area contributed by atoms with Gasteiger partial charge in [-0.05, 0) is 32.1 Å². The molecule has 10 heavy (non-hydrogen) atoms. The molecule has 0 radical (unpaired) electrons. The lowest BCUT2D eigenvalue weighted by molar-refractivity contribution is -0.0284. The van der Waals surface area contributed by atoms with Crippen LogP contribution in [0.25, 0.3) is 0 Å². The van der Waals surface area contributed by atoms with Crippen LogP contribution < -0.4 is 0 Å². The van der Waals surface area contributed by atoms with Crippen LogP contribution in [0.4, 0.5) is 0 Å². The van der Waals surface area contributed by atoms with Crippen LogP contribution in [0.15, 0.2) is 0 Å². The molecule has 2 rings (SSSR count). The van der Waals surface area contributed by atoms with Crippen molar-refractivity contribution in [3.8, 4) is 0 Å². The Morgan fingerprint density at radius 2 is 2.20 bits per heavy atom. The van der Waals surface area contributed by atoms with Gasteiger partial charge in [-0.25, -0.2) is 0 Å². The summed E-state index contributed by atoms with van der Waals surface area (Å²) in [6, 6.07) is 0. The Bertz CT molecular complexity index is 133. The average molecular weight is 140 g/mol. The molecule has 1 saturated heterocycles. The van der Waals surface area contributed by atoms with Crippen molar-refractivity contribution in [1.82, 2.24) is 0 Å². The molecule has 0 spiro atoms. The highest BCUT2D eigenvalue weighted by Gasteiger charge is 2.41. The Labute approximate surface area is 62.8 Å². The fourth-order valence-corrected chi connectivity index (χ4v) is 2.45. The second kappa shape index (κ2) is 2.23. The van der Waals surface area contributed by atoms with E-state index < -0.39 is 0 Å². The van der Waals surface area contributed by atoms with E-state index in [9.17, 15) is 0 Å². The molecule has 1 heteroatoms. The fourth-order valence-electron chi connectivity index (χ4n) is 2.45. The van der Waals surface area contributed by atoms with E-state index >= 15 is 0 Å². The minimum absolute atomic E-state index is 0.290. The van der Waals surface area contributed by atoms with E-state index in [1.165, 1.54) is 32.1 Å². The van der Waals surface area contributed by atoms with Gasteiger partial charge in [0.25, 0.3) is 0 Å². The summed E-state index contributed by atoms with van der Waals surface area (Å²) in [5.74, 6) is 0.890. The molecule has 1 aliphatic carbocycles. The molecule has 0 N–H and O–H groups in total. The van der Waals surface area contributed by atoms with E-state index in [4.69, 9.17) is 4.74 Å². The van der Waals surface area contributed by atoms with Gasteiger partial charge in [0.2, 0.25) is 0 Å². The topological polar surface area (TPSA) is 9.23 Å². The van der Waals surface area contributed by atoms with Crippen LogP contribution in [0.3, 0.4) is 0 Å². The predicted octanol–water partition coefficient (Wildman–Crippen LogP) is 2.36. The van der Waals surface area contributed by atoms with Gasteiger partial charge in [0.05, 0.1) is 5.60 Å². The first kappa shape index (κ1) is 6.66. The van der Waals surface area contributed by atoms with Crippen LogP contribution >= 0.6 is 0 Å². The summed E-state index contributed by atoms with van der Waals surface area (Å²) in [6.07, 6.45) is 6.85. The summed E-state index contributed by atoms with van der Waals surface area (Å²) in [6.45, 7) is 3.31. The average Bonchev–Trinajstić information content (AvgIpc) is 2.29. The monoisotopic (exact) mass is 140 g/mol. The third kappa shape index (κ3) is 0.878. The molecule has 2 fully saturated rings. The molecule has 1 nitrogen and oxygen atoms in total. The Morgan fingerprint density at radius 1 is 1.30 bits per heavy atom. The van der Waals surface area contributed by atoms with Crippen LogP contribution in [-0.4, -0.2) is 12.2 Å². The standard InChI is InChI=1S/C9H16O/c1-9-6-3-2-4-8(9)5-7-10-9/h8H,2-7H2,1H3. The molecule has 0 aromatic rings. The largest absolute Gasteiger partial charge is 0.375 e. The van der Waals surface area contributed by atoms with Crippen LogP contribution in [-0.2, 0) is 4.74 Å². The van der Waals surface area contributed by atoms with E-state index in [2.05, 4.69) is 6.92 Å². The highest BCUT2D eigenvalue weighted by molar-refractivity contribution is 4.91. The van der Waals surface area contributed by atoms with E-state index in [1.807, 2.05) is 0 Å². The van der Waals surface area contributed by atoms with Crippen molar-refractivity contribution < 1.29 is 4.74 Å². The third-order valence-electron chi connectivity index (χ3n) is 3.24. The zero-order chi connectivity index (χ0) is 7.03. The van der Waals surface area contributed by atoms with Gasteiger partial charge in [0, 0.05) is 6.61 Å². The molecule has 1 aliphatic heterocycles.